The van der Waals surface area contributed by atoms with E-state index in [1.54, 1.807) is 18.3 Å². The lowest BCUT2D eigenvalue weighted by molar-refractivity contribution is -0.252. The second-order valence-corrected chi connectivity index (χ2v) is 9.55. The first-order chi connectivity index (χ1) is 19.2. The minimum Gasteiger partial charge on any atom is -0.392 e. The average Bonchev–Trinajstić information content (AvgIpc) is 3.40. The highest BCUT2D eigenvalue weighted by atomic mass is 16.7. The van der Waals surface area contributed by atoms with Gasteiger partial charge in [-0.05, 0) is 47.5 Å². The van der Waals surface area contributed by atoms with Gasteiger partial charge in [0.05, 0.1) is 48.3 Å². The molecule has 1 fully saturated rings. The number of hydrogen-bond acceptors (Lipinski definition) is 6. The molecule has 5 aromatic rings. The van der Waals surface area contributed by atoms with E-state index in [-0.39, 0.29) is 24.7 Å². The average molecular weight is 521 g/mol. The Morgan fingerprint density at radius 2 is 1.74 bits per heavy atom. The largest absolute Gasteiger partial charge is 0.392 e. The van der Waals surface area contributed by atoms with E-state index in [2.05, 4.69) is 25.9 Å². The van der Waals surface area contributed by atoms with E-state index < -0.39 is 6.29 Å². The van der Waals surface area contributed by atoms with Crippen molar-refractivity contribution in [3.63, 3.8) is 0 Å². The van der Waals surface area contributed by atoms with Crippen molar-refractivity contribution in [3.8, 4) is 0 Å². The number of nitrogens with zero attached hydrogens (tertiary/aromatic N) is 3. The summed E-state index contributed by atoms with van der Waals surface area (Å²) in [6.45, 7) is 0.627. The first kappa shape index (κ1) is 24.9. The highest BCUT2D eigenvalue weighted by Gasteiger charge is 2.32. The van der Waals surface area contributed by atoms with E-state index in [0.29, 0.717) is 24.2 Å². The molecule has 3 aromatic carbocycles. The number of carbonyl (C=O) groups excluding carboxylic acids is 1. The number of anilines is 1. The molecule has 8 nitrogen and oxygen atoms in total. The van der Waals surface area contributed by atoms with Gasteiger partial charge in [0.15, 0.2) is 6.29 Å². The predicted octanol–water partition coefficient (Wildman–Crippen LogP) is 5.42. The van der Waals surface area contributed by atoms with Crippen molar-refractivity contribution in [1.29, 1.82) is 0 Å². The Kier molecular flexibility index (Phi) is 7.14. The number of imidazole rings is 1. The molecule has 1 amide bonds. The highest BCUT2D eigenvalue weighted by molar-refractivity contribution is 6.04. The van der Waals surface area contributed by atoms with Crippen LogP contribution in [0.15, 0.2) is 104 Å². The molecule has 6 rings (SSSR count). The van der Waals surface area contributed by atoms with Gasteiger partial charge in [0.1, 0.15) is 0 Å². The number of benzene rings is 3. The summed E-state index contributed by atoms with van der Waals surface area (Å²) in [5.74, 6) is -0.222. The Labute approximate surface area is 225 Å². The van der Waals surface area contributed by atoms with Gasteiger partial charge in [-0.3, -0.25) is 9.78 Å². The van der Waals surface area contributed by atoms with Gasteiger partial charge in [-0.1, -0.05) is 48.5 Å². The van der Waals surface area contributed by atoms with Crippen LogP contribution in [0.1, 0.15) is 45.9 Å². The van der Waals surface area contributed by atoms with Crippen LogP contribution < -0.4 is 5.32 Å². The van der Waals surface area contributed by atoms with E-state index in [4.69, 9.17) is 9.47 Å². The third-order valence-corrected chi connectivity index (χ3v) is 6.91. The molecule has 1 saturated heterocycles. The van der Waals surface area contributed by atoms with E-state index >= 15 is 0 Å². The fraction of sp³-hybridized carbons (Fsp3) is 0.194. The Balaban J connectivity index is 1.23. The van der Waals surface area contributed by atoms with Crippen molar-refractivity contribution >= 4 is 22.6 Å². The summed E-state index contributed by atoms with van der Waals surface area (Å²) in [6.07, 6.45) is 4.76. The fourth-order valence-corrected chi connectivity index (χ4v) is 4.83. The van der Waals surface area contributed by atoms with Crippen molar-refractivity contribution < 1.29 is 19.4 Å². The molecule has 0 saturated carbocycles. The van der Waals surface area contributed by atoms with Crippen LogP contribution >= 0.6 is 0 Å². The number of hydrogen-bond donors (Lipinski definition) is 2. The van der Waals surface area contributed by atoms with Crippen molar-refractivity contribution in [2.75, 3.05) is 5.32 Å². The Bertz CT molecular complexity index is 1550. The molecule has 0 aliphatic carbocycles. The van der Waals surface area contributed by atoms with Crippen molar-refractivity contribution in [3.05, 3.63) is 126 Å². The number of fused-ring (bicyclic) bond motifs is 1. The maximum absolute atomic E-state index is 12.5. The zero-order valence-electron chi connectivity index (χ0n) is 21.2. The number of aromatic nitrogens is 3. The van der Waals surface area contributed by atoms with E-state index in [0.717, 1.165) is 27.7 Å². The van der Waals surface area contributed by atoms with Gasteiger partial charge in [0.25, 0.3) is 5.91 Å². The molecule has 0 unspecified atom stereocenters. The van der Waals surface area contributed by atoms with Gasteiger partial charge in [0.2, 0.25) is 0 Å². The lowest BCUT2D eigenvalue weighted by Gasteiger charge is -2.36. The minimum atomic E-state index is -0.593. The number of rotatable bonds is 7. The standard InChI is InChI=1S/C31H28N4O4/c36-19-21-7-9-22(10-8-21)29-16-26(18-35-20-33-27-5-1-2-6-28(27)35)38-31(39-29)23-11-13-25(14-12-23)34-30(37)24-4-3-15-32-17-24/h1-15,17,20,26,29,31,36H,16,18-19H2,(H,34,37)/t26-,29+,31+/m1/s1. The minimum absolute atomic E-state index is 0.00244. The van der Waals surface area contributed by atoms with Crippen LogP contribution in [0.4, 0.5) is 5.69 Å². The molecule has 0 spiro atoms. The van der Waals surface area contributed by atoms with Gasteiger partial charge in [-0.2, -0.15) is 0 Å². The topological polar surface area (TPSA) is 98.5 Å². The quantitative estimate of drug-likeness (QED) is 0.297. The molecule has 1 aliphatic rings. The molecule has 3 heterocycles. The maximum atomic E-state index is 12.5. The second kappa shape index (κ2) is 11.2. The number of carbonyl (C=O) groups is 1. The number of ether oxygens (including phenoxy) is 2. The van der Waals surface area contributed by atoms with E-state index in [1.165, 1.54) is 6.20 Å². The Morgan fingerprint density at radius 1 is 0.949 bits per heavy atom. The van der Waals surface area contributed by atoms with Crippen LogP contribution in [0.5, 0.6) is 0 Å². The molecular formula is C31H28N4O4. The Morgan fingerprint density at radius 3 is 2.51 bits per heavy atom. The first-order valence-electron chi connectivity index (χ1n) is 12.9. The van der Waals surface area contributed by atoms with Crippen LogP contribution in [0, 0.1) is 0 Å². The molecule has 8 heteroatoms. The molecule has 0 radical (unpaired) electrons. The van der Waals surface area contributed by atoms with E-state index in [9.17, 15) is 9.90 Å². The van der Waals surface area contributed by atoms with Crippen LogP contribution in [0.2, 0.25) is 0 Å². The van der Waals surface area contributed by atoms with Gasteiger partial charge in [0, 0.05) is 30.1 Å². The van der Waals surface area contributed by atoms with Gasteiger partial charge >= 0.3 is 0 Å². The number of para-hydroxylation sites is 2. The maximum Gasteiger partial charge on any atom is 0.257 e. The second-order valence-electron chi connectivity index (χ2n) is 9.55. The summed E-state index contributed by atoms with van der Waals surface area (Å²) in [6, 6.07) is 26.8. The van der Waals surface area contributed by atoms with Gasteiger partial charge < -0.3 is 24.5 Å². The number of nitrogens with one attached hydrogen (secondary N) is 1. The zero-order valence-corrected chi connectivity index (χ0v) is 21.2. The smallest absolute Gasteiger partial charge is 0.257 e. The normalized spacial score (nSPS) is 19.2. The number of amides is 1. The number of aliphatic hydroxyl groups is 1. The van der Waals surface area contributed by atoms with Crippen molar-refractivity contribution in [2.24, 2.45) is 0 Å². The molecule has 39 heavy (non-hydrogen) atoms. The van der Waals surface area contributed by atoms with Crippen LogP contribution in [-0.2, 0) is 22.6 Å². The summed E-state index contributed by atoms with van der Waals surface area (Å²) in [5, 5.41) is 12.4. The van der Waals surface area contributed by atoms with Crippen LogP contribution in [0.25, 0.3) is 11.0 Å². The molecule has 2 N–H and O–H groups in total. The predicted molar refractivity (Wildman–Crippen MR) is 147 cm³/mol. The molecule has 196 valence electrons. The third kappa shape index (κ3) is 5.58. The summed E-state index contributed by atoms with van der Waals surface area (Å²) >= 11 is 0. The number of pyridine rings is 1. The van der Waals surface area contributed by atoms with Crippen LogP contribution in [-0.4, -0.2) is 31.7 Å². The monoisotopic (exact) mass is 520 g/mol. The third-order valence-electron chi connectivity index (χ3n) is 6.91. The van der Waals surface area contributed by atoms with Crippen molar-refractivity contribution in [1.82, 2.24) is 14.5 Å². The first-order valence-corrected chi connectivity index (χ1v) is 12.9. The molecule has 2 aromatic heterocycles. The van der Waals surface area contributed by atoms with Crippen molar-refractivity contribution in [2.45, 2.75) is 38.1 Å². The fourth-order valence-electron chi connectivity index (χ4n) is 4.83. The SMILES string of the molecule is O=C(Nc1ccc([C@H]2O[C@@H](Cn3cnc4ccccc43)C[C@@H](c3ccc(CO)cc3)O2)cc1)c1cccnc1. The summed E-state index contributed by atoms with van der Waals surface area (Å²) in [4.78, 5) is 21.0. The van der Waals surface area contributed by atoms with E-state index in [1.807, 2.05) is 73.1 Å². The summed E-state index contributed by atoms with van der Waals surface area (Å²) in [7, 11) is 0. The molecule has 1 aliphatic heterocycles. The van der Waals surface area contributed by atoms with Gasteiger partial charge in [-0.25, -0.2) is 4.98 Å². The highest BCUT2D eigenvalue weighted by Crippen LogP contribution is 2.39. The Hall–Kier alpha value is -4.37. The molecular weight excluding hydrogens is 492 g/mol. The molecule has 3 atom stereocenters. The lowest BCUT2D eigenvalue weighted by Crippen LogP contribution is -2.32. The summed E-state index contributed by atoms with van der Waals surface area (Å²) < 4.78 is 15.0. The lowest BCUT2D eigenvalue weighted by atomic mass is 10.00. The zero-order chi connectivity index (χ0) is 26.6. The molecule has 0 bridgehead atoms. The summed E-state index contributed by atoms with van der Waals surface area (Å²) in [5.41, 5.74) is 5.90. The van der Waals surface area contributed by atoms with Crippen LogP contribution in [0.3, 0.4) is 0 Å². The van der Waals surface area contributed by atoms with Gasteiger partial charge in [-0.15, -0.1) is 0 Å². The number of aliphatic hydroxyl groups excluding tert-OH is 1.